The molecule has 2 aromatic rings. The van der Waals surface area contributed by atoms with E-state index in [-0.39, 0.29) is 11.9 Å². The predicted octanol–water partition coefficient (Wildman–Crippen LogP) is 4.02. The van der Waals surface area contributed by atoms with Gasteiger partial charge in [-0.2, -0.15) is 0 Å². The van der Waals surface area contributed by atoms with Crippen molar-refractivity contribution in [2.24, 2.45) is 0 Å². The number of amides is 1. The Kier molecular flexibility index (Phi) is 4.99. The minimum Gasteiger partial charge on any atom is -0.497 e. The van der Waals surface area contributed by atoms with Crippen LogP contribution in [0.25, 0.3) is 11.1 Å². The summed E-state index contributed by atoms with van der Waals surface area (Å²) in [5.74, 6) is 2.24. The highest BCUT2D eigenvalue weighted by Gasteiger charge is 2.38. The molecule has 0 spiro atoms. The fraction of sp³-hybridized carbons (Fsp3) is 0.348. The van der Waals surface area contributed by atoms with Crippen molar-refractivity contribution in [3.8, 4) is 17.2 Å². The molecule has 0 aliphatic carbocycles. The van der Waals surface area contributed by atoms with Gasteiger partial charge in [0.1, 0.15) is 5.75 Å². The first-order valence-corrected chi connectivity index (χ1v) is 9.57. The third kappa shape index (κ3) is 3.11. The Hall–Kier alpha value is -2.95. The van der Waals surface area contributed by atoms with Gasteiger partial charge in [0.15, 0.2) is 11.5 Å². The highest BCUT2D eigenvalue weighted by atomic mass is 16.5. The highest BCUT2D eigenvalue weighted by molar-refractivity contribution is 6.28. The Morgan fingerprint density at radius 3 is 2.29 bits per heavy atom. The summed E-state index contributed by atoms with van der Waals surface area (Å²) in [5.41, 5.74) is 3.76. The zero-order valence-corrected chi connectivity index (χ0v) is 16.5. The summed E-state index contributed by atoms with van der Waals surface area (Å²) in [7, 11) is 4.90. The molecule has 5 nitrogen and oxygen atoms in total. The average Bonchev–Trinajstić information content (AvgIpc) is 3.22. The molecule has 2 heterocycles. The molecule has 2 aliphatic rings. The van der Waals surface area contributed by atoms with Gasteiger partial charge in [0.05, 0.1) is 26.9 Å². The number of methoxy groups -OCH3 is 3. The second-order valence-electron chi connectivity index (χ2n) is 7.15. The maximum Gasteiger partial charge on any atom is 0.255 e. The van der Waals surface area contributed by atoms with E-state index in [1.807, 2.05) is 47.4 Å². The van der Waals surface area contributed by atoms with E-state index in [0.717, 1.165) is 53.8 Å². The van der Waals surface area contributed by atoms with Gasteiger partial charge < -0.3 is 19.1 Å². The molecule has 0 radical (unpaired) electrons. The van der Waals surface area contributed by atoms with E-state index in [1.54, 1.807) is 21.3 Å². The maximum absolute atomic E-state index is 13.4. The molecule has 1 amide bonds. The van der Waals surface area contributed by atoms with Crippen LogP contribution in [-0.4, -0.2) is 44.7 Å². The number of ether oxygens (including phenoxy) is 3. The Labute approximate surface area is 165 Å². The van der Waals surface area contributed by atoms with E-state index in [2.05, 4.69) is 0 Å². The zero-order chi connectivity index (χ0) is 19.7. The lowest BCUT2D eigenvalue weighted by Gasteiger charge is -2.33. The number of benzene rings is 2. The van der Waals surface area contributed by atoms with Crippen molar-refractivity contribution < 1.29 is 19.0 Å². The van der Waals surface area contributed by atoms with Crippen LogP contribution in [0.2, 0.25) is 0 Å². The van der Waals surface area contributed by atoms with E-state index >= 15 is 0 Å². The smallest absolute Gasteiger partial charge is 0.255 e. The average molecular weight is 379 g/mol. The Balaban J connectivity index is 1.87. The molecule has 1 fully saturated rings. The molecule has 0 bridgehead atoms. The normalized spacial score (nSPS) is 18.9. The van der Waals surface area contributed by atoms with Crippen molar-refractivity contribution in [3.05, 3.63) is 53.6 Å². The van der Waals surface area contributed by atoms with Crippen molar-refractivity contribution >= 4 is 17.1 Å². The van der Waals surface area contributed by atoms with Gasteiger partial charge in [0, 0.05) is 12.6 Å². The number of fused-ring (bicyclic) bond motifs is 1. The topological polar surface area (TPSA) is 48.0 Å². The lowest BCUT2D eigenvalue weighted by molar-refractivity contribution is -0.126. The molecule has 5 heteroatoms. The van der Waals surface area contributed by atoms with Crippen LogP contribution in [0, 0.1) is 0 Å². The van der Waals surface area contributed by atoms with Gasteiger partial charge in [0.25, 0.3) is 5.91 Å². The van der Waals surface area contributed by atoms with Crippen LogP contribution in [0.5, 0.6) is 17.2 Å². The minimum atomic E-state index is 0.115. The number of hydrogen-bond donors (Lipinski definition) is 0. The van der Waals surface area contributed by atoms with E-state index in [1.165, 1.54) is 0 Å². The lowest BCUT2D eigenvalue weighted by Crippen LogP contribution is -2.39. The van der Waals surface area contributed by atoms with Crippen LogP contribution in [0.4, 0.5) is 0 Å². The molecule has 4 rings (SSSR count). The SMILES string of the molecule is COc1ccc(C2=C(c3ccc(OC)c(OC)c3)CC3CCCN3C2=O)cc1. The molecule has 146 valence electrons. The van der Waals surface area contributed by atoms with Crippen LogP contribution in [-0.2, 0) is 4.79 Å². The minimum absolute atomic E-state index is 0.115. The first-order valence-electron chi connectivity index (χ1n) is 9.57. The lowest BCUT2D eigenvalue weighted by atomic mass is 9.85. The van der Waals surface area contributed by atoms with Crippen molar-refractivity contribution in [2.75, 3.05) is 27.9 Å². The van der Waals surface area contributed by atoms with Crippen LogP contribution in [0.15, 0.2) is 42.5 Å². The second-order valence-corrected chi connectivity index (χ2v) is 7.15. The van der Waals surface area contributed by atoms with E-state index in [9.17, 15) is 4.79 Å². The molecule has 1 saturated heterocycles. The highest BCUT2D eigenvalue weighted by Crippen LogP contribution is 2.42. The fourth-order valence-electron chi connectivity index (χ4n) is 4.27. The molecule has 2 aromatic carbocycles. The zero-order valence-electron chi connectivity index (χ0n) is 16.5. The Bertz CT molecular complexity index is 917. The quantitative estimate of drug-likeness (QED) is 0.787. The molecule has 1 unspecified atom stereocenters. The fourth-order valence-corrected chi connectivity index (χ4v) is 4.27. The molecule has 0 aromatic heterocycles. The summed E-state index contributed by atoms with van der Waals surface area (Å²) in [6, 6.07) is 13.9. The van der Waals surface area contributed by atoms with E-state index in [4.69, 9.17) is 14.2 Å². The number of nitrogens with zero attached hydrogens (tertiary/aromatic N) is 1. The first kappa shape index (κ1) is 18.4. The largest absolute Gasteiger partial charge is 0.497 e. The van der Waals surface area contributed by atoms with Crippen molar-refractivity contribution in [1.29, 1.82) is 0 Å². The Morgan fingerprint density at radius 2 is 1.61 bits per heavy atom. The molecule has 0 saturated carbocycles. The molecular formula is C23H25NO4. The van der Waals surface area contributed by atoms with Gasteiger partial charge in [-0.1, -0.05) is 18.2 Å². The molecule has 28 heavy (non-hydrogen) atoms. The summed E-state index contributed by atoms with van der Waals surface area (Å²) < 4.78 is 16.1. The van der Waals surface area contributed by atoms with Crippen LogP contribution >= 0.6 is 0 Å². The third-order valence-corrected chi connectivity index (χ3v) is 5.70. The van der Waals surface area contributed by atoms with Gasteiger partial charge in [-0.25, -0.2) is 0 Å². The molecule has 2 aliphatic heterocycles. The number of carbonyl (C=O) groups excluding carboxylic acids is 1. The summed E-state index contributed by atoms with van der Waals surface area (Å²) in [4.78, 5) is 15.4. The molecule has 1 atom stereocenters. The number of rotatable bonds is 5. The van der Waals surface area contributed by atoms with Gasteiger partial charge in [-0.15, -0.1) is 0 Å². The standard InChI is InChI=1S/C23H25NO4/c1-26-18-9-6-15(7-10-18)22-19(14-17-5-4-12-24(17)23(22)25)16-8-11-20(27-2)21(13-16)28-3/h6-11,13,17H,4-5,12,14H2,1-3H3. The summed E-state index contributed by atoms with van der Waals surface area (Å²) in [6.07, 6.45) is 2.96. The van der Waals surface area contributed by atoms with Gasteiger partial charge in [-0.3, -0.25) is 4.79 Å². The maximum atomic E-state index is 13.4. The second kappa shape index (κ2) is 7.58. The van der Waals surface area contributed by atoms with Crippen molar-refractivity contribution in [1.82, 2.24) is 4.90 Å². The summed E-state index contributed by atoms with van der Waals surface area (Å²) in [6.45, 7) is 0.836. The van der Waals surface area contributed by atoms with Crippen LogP contribution in [0.1, 0.15) is 30.4 Å². The van der Waals surface area contributed by atoms with Gasteiger partial charge in [-0.05, 0) is 60.2 Å². The third-order valence-electron chi connectivity index (χ3n) is 5.70. The number of carbonyl (C=O) groups is 1. The predicted molar refractivity (Wildman–Crippen MR) is 109 cm³/mol. The van der Waals surface area contributed by atoms with Crippen molar-refractivity contribution in [2.45, 2.75) is 25.3 Å². The monoisotopic (exact) mass is 379 g/mol. The molecule has 0 N–H and O–H groups in total. The van der Waals surface area contributed by atoms with E-state index < -0.39 is 0 Å². The van der Waals surface area contributed by atoms with Crippen molar-refractivity contribution in [3.63, 3.8) is 0 Å². The number of hydrogen-bond acceptors (Lipinski definition) is 4. The van der Waals surface area contributed by atoms with Gasteiger partial charge in [0.2, 0.25) is 0 Å². The van der Waals surface area contributed by atoms with Crippen LogP contribution in [0.3, 0.4) is 0 Å². The summed E-state index contributed by atoms with van der Waals surface area (Å²) >= 11 is 0. The molecular weight excluding hydrogens is 354 g/mol. The Morgan fingerprint density at radius 1 is 0.893 bits per heavy atom. The first-order chi connectivity index (χ1) is 13.7. The summed E-state index contributed by atoms with van der Waals surface area (Å²) in [5, 5.41) is 0. The van der Waals surface area contributed by atoms with Gasteiger partial charge >= 0.3 is 0 Å². The van der Waals surface area contributed by atoms with Crippen LogP contribution < -0.4 is 14.2 Å². The van der Waals surface area contributed by atoms with E-state index in [0.29, 0.717) is 11.5 Å².